The summed E-state index contributed by atoms with van der Waals surface area (Å²) < 4.78 is 5.41. The first-order chi connectivity index (χ1) is 10.6. The number of hydrogen-bond donors (Lipinski definition) is 1. The van der Waals surface area contributed by atoms with E-state index in [0.29, 0.717) is 0 Å². The first-order valence-corrected chi connectivity index (χ1v) is 7.44. The molecule has 0 spiro atoms. The minimum atomic E-state index is 0. The van der Waals surface area contributed by atoms with E-state index in [1.54, 1.807) is 7.11 Å². The Kier molecular flexibility index (Phi) is 5.34. The van der Waals surface area contributed by atoms with Gasteiger partial charge in [-0.25, -0.2) is 4.98 Å². The van der Waals surface area contributed by atoms with Crippen molar-refractivity contribution in [2.24, 2.45) is 0 Å². The standard InChI is InChI=1S/C18H17ClN2O.ClH/c1-11-7-8-13(10-15(11)19)21-16-9-12(2)20-18-14(16)5-4-6-17(18)22-3;/h4-10H,1-3H3,(H,20,21);1H. The summed E-state index contributed by atoms with van der Waals surface area (Å²) in [4.78, 5) is 4.59. The van der Waals surface area contributed by atoms with E-state index in [1.807, 2.05) is 56.3 Å². The molecule has 0 amide bonds. The predicted octanol–water partition coefficient (Wildman–Crippen LogP) is 5.68. The molecular weight excluding hydrogens is 331 g/mol. The Morgan fingerprint density at radius 2 is 1.87 bits per heavy atom. The Morgan fingerprint density at radius 3 is 2.57 bits per heavy atom. The van der Waals surface area contributed by atoms with Gasteiger partial charge in [-0.15, -0.1) is 12.4 Å². The number of aromatic nitrogens is 1. The number of para-hydroxylation sites is 1. The zero-order chi connectivity index (χ0) is 15.7. The van der Waals surface area contributed by atoms with E-state index in [4.69, 9.17) is 16.3 Å². The Labute approximate surface area is 147 Å². The number of pyridine rings is 1. The van der Waals surface area contributed by atoms with E-state index in [9.17, 15) is 0 Å². The zero-order valence-electron chi connectivity index (χ0n) is 13.2. The fraction of sp³-hybridized carbons (Fsp3) is 0.167. The minimum absolute atomic E-state index is 0. The summed E-state index contributed by atoms with van der Waals surface area (Å²) in [5, 5.41) is 5.19. The van der Waals surface area contributed by atoms with Crippen LogP contribution >= 0.6 is 24.0 Å². The molecule has 0 aliphatic carbocycles. The lowest BCUT2D eigenvalue weighted by atomic mass is 10.1. The number of anilines is 2. The molecule has 0 atom stereocenters. The largest absolute Gasteiger partial charge is 0.494 e. The van der Waals surface area contributed by atoms with Gasteiger partial charge in [0.2, 0.25) is 0 Å². The molecule has 0 radical (unpaired) electrons. The average molecular weight is 349 g/mol. The van der Waals surface area contributed by atoms with Crippen molar-refractivity contribution in [1.82, 2.24) is 4.98 Å². The summed E-state index contributed by atoms with van der Waals surface area (Å²) >= 11 is 6.20. The number of rotatable bonds is 3. The van der Waals surface area contributed by atoms with E-state index in [2.05, 4.69) is 10.3 Å². The van der Waals surface area contributed by atoms with E-state index in [0.717, 1.165) is 44.3 Å². The molecule has 1 aromatic heterocycles. The van der Waals surface area contributed by atoms with E-state index in [1.165, 1.54) is 0 Å². The van der Waals surface area contributed by atoms with Crippen LogP contribution in [0.2, 0.25) is 5.02 Å². The van der Waals surface area contributed by atoms with Crippen LogP contribution in [0.3, 0.4) is 0 Å². The number of benzene rings is 2. The molecule has 0 saturated heterocycles. The number of halogens is 2. The summed E-state index contributed by atoms with van der Waals surface area (Å²) in [5.74, 6) is 0.770. The molecule has 23 heavy (non-hydrogen) atoms. The van der Waals surface area contributed by atoms with Crippen LogP contribution in [-0.4, -0.2) is 12.1 Å². The van der Waals surface area contributed by atoms with Gasteiger partial charge in [0.15, 0.2) is 0 Å². The highest BCUT2D eigenvalue weighted by Gasteiger charge is 2.09. The fourth-order valence-corrected chi connectivity index (χ4v) is 2.63. The number of ether oxygens (including phenoxy) is 1. The molecule has 0 unspecified atom stereocenters. The van der Waals surface area contributed by atoms with Crippen LogP contribution in [0.4, 0.5) is 11.4 Å². The SMILES string of the molecule is COc1cccc2c(Nc3ccc(C)c(Cl)c3)cc(C)nc12.Cl. The molecule has 1 N–H and O–H groups in total. The molecule has 0 saturated carbocycles. The van der Waals surface area contributed by atoms with Crippen molar-refractivity contribution in [3.8, 4) is 5.75 Å². The maximum Gasteiger partial charge on any atom is 0.145 e. The van der Waals surface area contributed by atoms with Crippen LogP contribution in [-0.2, 0) is 0 Å². The van der Waals surface area contributed by atoms with Gasteiger partial charge in [-0.1, -0.05) is 29.8 Å². The molecular formula is C18H18Cl2N2O. The van der Waals surface area contributed by atoms with Gasteiger partial charge in [-0.3, -0.25) is 0 Å². The summed E-state index contributed by atoms with van der Waals surface area (Å²) in [7, 11) is 1.66. The molecule has 2 aromatic carbocycles. The number of nitrogens with zero attached hydrogens (tertiary/aromatic N) is 1. The number of hydrogen-bond acceptors (Lipinski definition) is 3. The van der Waals surface area contributed by atoms with Gasteiger partial charge in [-0.05, 0) is 43.7 Å². The van der Waals surface area contributed by atoms with Gasteiger partial charge in [-0.2, -0.15) is 0 Å². The molecule has 0 bridgehead atoms. The second kappa shape index (κ2) is 7.07. The van der Waals surface area contributed by atoms with Crippen LogP contribution in [0.15, 0.2) is 42.5 Å². The lowest BCUT2D eigenvalue weighted by Crippen LogP contribution is -1.96. The third kappa shape index (κ3) is 3.52. The number of aryl methyl sites for hydroxylation is 2. The van der Waals surface area contributed by atoms with Crippen LogP contribution in [0.25, 0.3) is 10.9 Å². The van der Waals surface area contributed by atoms with Gasteiger partial charge in [0.05, 0.1) is 7.11 Å². The molecule has 0 aliphatic heterocycles. The van der Waals surface area contributed by atoms with Crippen LogP contribution in [0.5, 0.6) is 5.75 Å². The van der Waals surface area contributed by atoms with Gasteiger partial charge in [0.1, 0.15) is 11.3 Å². The molecule has 0 aliphatic rings. The number of fused-ring (bicyclic) bond motifs is 1. The van der Waals surface area contributed by atoms with Crippen molar-refractivity contribution >= 4 is 46.3 Å². The van der Waals surface area contributed by atoms with E-state index >= 15 is 0 Å². The minimum Gasteiger partial charge on any atom is -0.494 e. The average Bonchev–Trinajstić information content (AvgIpc) is 2.50. The molecule has 0 fully saturated rings. The van der Waals surface area contributed by atoms with Crippen molar-refractivity contribution in [3.63, 3.8) is 0 Å². The van der Waals surface area contributed by atoms with Crippen LogP contribution in [0.1, 0.15) is 11.3 Å². The smallest absolute Gasteiger partial charge is 0.145 e. The lowest BCUT2D eigenvalue weighted by molar-refractivity contribution is 0.419. The van der Waals surface area contributed by atoms with Crippen molar-refractivity contribution in [1.29, 1.82) is 0 Å². The molecule has 5 heteroatoms. The Morgan fingerprint density at radius 1 is 1.09 bits per heavy atom. The van der Waals surface area contributed by atoms with Gasteiger partial charge in [0, 0.05) is 27.5 Å². The fourth-order valence-electron chi connectivity index (χ4n) is 2.44. The Hall–Kier alpha value is -1.97. The maximum atomic E-state index is 6.20. The summed E-state index contributed by atoms with van der Waals surface area (Å²) in [6.45, 7) is 3.96. The van der Waals surface area contributed by atoms with Crippen molar-refractivity contribution in [2.45, 2.75) is 13.8 Å². The third-order valence-electron chi connectivity index (χ3n) is 3.60. The topological polar surface area (TPSA) is 34.1 Å². The van der Waals surface area contributed by atoms with Crippen molar-refractivity contribution < 1.29 is 4.74 Å². The lowest BCUT2D eigenvalue weighted by Gasteiger charge is -2.13. The quantitative estimate of drug-likeness (QED) is 0.661. The first-order valence-electron chi connectivity index (χ1n) is 7.06. The zero-order valence-corrected chi connectivity index (χ0v) is 14.8. The second-order valence-electron chi connectivity index (χ2n) is 5.26. The Bertz CT molecular complexity index is 850. The van der Waals surface area contributed by atoms with Crippen molar-refractivity contribution in [2.75, 3.05) is 12.4 Å². The highest BCUT2D eigenvalue weighted by atomic mass is 35.5. The summed E-state index contributed by atoms with van der Waals surface area (Å²) in [6, 6.07) is 13.9. The highest BCUT2D eigenvalue weighted by Crippen LogP contribution is 2.32. The number of methoxy groups -OCH3 is 1. The highest BCUT2D eigenvalue weighted by molar-refractivity contribution is 6.31. The molecule has 120 valence electrons. The third-order valence-corrected chi connectivity index (χ3v) is 4.01. The van der Waals surface area contributed by atoms with Crippen LogP contribution in [0, 0.1) is 13.8 Å². The predicted molar refractivity (Wildman–Crippen MR) is 99.8 cm³/mol. The van der Waals surface area contributed by atoms with E-state index < -0.39 is 0 Å². The molecule has 3 nitrogen and oxygen atoms in total. The summed E-state index contributed by atoms with van der Waals surface area (Å²) in [6.07, 6.45) is 0. The van der Waals surface area contributed by atoms with Crippen LogP contribution < -0.4 is 10.1 Å². The summed E-state index contributed by atoms with van der Waals surface area (Å²) in [5.41, 5.74) is 4.78. The van der Waals surface area contributed by atoms with Gasteiger partial charge in [0.25, 0.3) is 0 Å². The van der Waals surface area contributed by atoms with E-state index in [-0.39, 0.29) is 12.4 Å². The Balaban J connectivity index is 0.00000192. The second-order valence-corrected chi connectivity index (χ2v) is 5.66. The van der Waals surface area contributed by atoms with Crippen molar-refractivity contribution in [3.05, 3.63) is 58.7 Å². The molecule has 3 rings (SSSR count). The van der Waals surface area contributed by atoms with Gasteiger partial charge < -0.3 is 10.1 Å². The maximum absolute atomic E-state index is 6.20. The monoisotopic (exact) mass is 348 g/mol. The van der Waals surface area contributed by atoms with Gasteiger partial charge >= 0.3 is 0 Å². The number of nitrogens with one attached hydrogen (secondary N) is 1. The molecule has 3 aromatic rings. The molecule has 1 heterocycles. The normalized spacial score (nSPS) is 10.3. The first kappa shape index (κ1) is 17.4.